The molecule has 0 unspecified atom stereocenters. The van der Waals surface area contributed by atoms with E-state index in [1.807, 2.05) is 19.9 Å². The van der Waals surface area contributed by atoms with Crippen LogP contribution >= 0.6 is 0 Å². The van der Waals surface area contributed by atoms with E-state index in [2.05, 4.69) is 10.2 Å². The third kappa shape index (κ3) is 3.16. The standard InChI is InChI=1S/C5H10N2/c1-4-5(2)7-6-3/h4H,1-3H3/b5-4+,7-6-. The largest absolute Gasteiger partial charge is 0.192 e. The minimum atomic E-state index is 0.961. The summed E-state index contributed by atoms with van der Waals surface area (Å²) in [6, 6.07) is 0. The number of hydrogen-bond acceptors (Lipinski definition) is 2. The summed E-state index contributed by atoms with van der Waals surface area (Å²) < 4.78 is 0. The van der Waals surface area contributed by atoms with Gasteiger partial charge in [0.1, 0.15) is 0 Å². The van der Waals surface area contributed by atoms with E-state index >= 15 is 0 Å². The molecule has 0 heterocycles. The van der Waals surface area contributed by atoms with Crippen LogP contribution in [-0.2, 0) is 0 Å². The molecule has 0 saturated heterocycles. The molecule has 0 saturated carbocycles. The summed E-state index contributed by atoms with van der Waals surface area (Å²) in [6.07, 6.45) is 1.91. The maximum Gasteiger partial charge on any atom is 0.0552 e. The lowest BCUT2D eigenvalue weighted by atomic mass is 10.5. The second kappa shape index (κ2) is 3.53. The molecule has 0 rings (SSSR count). The Kier molecular flexibility index (Phi) is 3.19. The summed E-state index contributed by atoms with van der Waals surface area (Å²) in [4.78, 5) is 0. The quantitative estimate of drug-likeness (QED) is 0.448. The van der Waals surface area contributed by atoms with Crippen molar-refractivity contribution in [1.82, 2.24) is 0 Å². The van der Waals surface area contributed by atoms with E-state index in [0.717, 1.165) is 5.70 Å². The summed E-state index contributed by atoms with van der Waals surface area (Å²) in [7, 11) is 1.66. The molecule has 0 aromatic heterocycles. The van der Waals surface area contributed by atoms with Crippen molar-refractivity contribution in [2.45, 2.75) is 13.8 Å². The summed E-state index contributed by atoms with van der Waals surface area (Å²) in [6.45, 7) is 3.84. The highest BCUT2D eigenvalue weighted by atomic mass is 15.1. The first kappa shape index (κ1) is 6.34. The Morgan fingerprint density at radius 3 is 2.29 bits per heavy atom. The maximum absolute atomic E-state index is 3.73. The zero-order valence-electron chi connectivity index (χ0n) is 4.97. The molecular formula is C5H10N2. The third-order valence-corrected chi connectivity index (χ3v) is 0.676. The van der Waals surface area contributed by atoms with E-state index in [4.69, 9.17) is 0 Å². The van der Waals surface area contributed by atoms with Gasteiger partial charge in [0.15, 0.2) is 0 Å². The molecule has 0 aliphatic rings. The first-order valence-electron chi connectivity index (χ1n) is 2.24. The lowest BCUT2D eigenvalue weighted by Crippen LogP contribution is -1.60. The molecule has 7 heavy (non-hydrogen) atoms. The number of allylic oxidation sites excluding steroid dienone is 2. The molecule has 2 heteroatoms. The van der Waals surface area contributed by atoms with Crippen molar-refractivity contribution in [3.8, 4) is 0 Å². The third-order valence-electron chi connectivity index (χ3n) is 0.676. The molecule has 0 amide bonds. The van der Waals surface area contributed by atoms with Crippen LogP contribution in [0.2, 0.25) is 0 Å². The van der Waals surface area contributed by atoms with Crippen LogP contribution in [0.25, 0.3) is 0 Å². The first-order chi connectivity index (χ1) is 3.31. The average molecular weight is 98.1 g/mol. The molecule has 0 aliphatic heterocycles. The van der Waals surface area contributed by atoms with Gasteiger partial charge in [-0.25, -0.2) is 0 Å². The van der Waals surface area contributed by atoms with Gasteiger partial charge in [-0.15, -0.1) is 0 Å². The van der Waals surface area contributed by atoms with Crippen molar-refractivity contribution in [2.24, 2.45) is 10.2 Å². The van der Waals surface area contributed by atoms with Crippen LogP contribution in [0.4, 0.5) is 0 Å². The van der Waals surface area contributed by atoms with E-state index in [1.165, 1.54) is 0 Å². The van der Waals surface area contributed by atoms with Gasteiger partial charge in [0, 0.05) is 7.05 Å². The molecule has 2 nitrogen and oxygen atoms in total. The van der Waals surface area contributed by atoms with Gasteiger partial charge in [-0.05, 0) is 13.8 Å². The van der Waals surface area contributed by atoms with E-state index < -0.39 is 0 Å². The number of hydrogen-bond donors (Lipinski definition) is 0. The molecule has 0 aliphatic carbocycles. The van der Waals surface area contributed by atoms with E-state index in [0.29, 0.717) is 0 Å². The summed E-state index contributed by atoms with van der Waals surface area (Å²) >= 11 is 0. The molecule has 0 N–H and O–H groups in total. The van der Waals surface area contributed by atoms with Crippen molar-refractivity contribution >= 4 is 0 Å². The Hall–Kier alpha value is -0.660. The van der Waals surface area contributed by atoms with Gasteiger partial charge < -0.3 is 0 Å². The number of azo groups is 1. The minimum absolute atomic E-state index is 0.961. The van der Waals surface area contributed by atoms with Crippen molar-refractivity contribution in [3.63, 3.8) is 0 Å². The topological polar surface area (TPSA) is 24.7 Å². The second-order valence-electron chi connectivity index (χ2n) is 1.23. The van der Waals surface area contributed by atoms with E-state index in [-0.39, 0.29) is 0 Å². The number of rotatable bonds is 1. The fourth-order valence-corrected chi connectivity index (χ4v) is 0.215. The Morgan fingerprint density at radius 2 is 2.14 bits per heavy atom. The monoisotopic (exact) mass is 98.1 g/mol. The highest BCUT2D eigenvalue weighted by molar-refractivity contribution is 4.90. The van der Waals surface area contributed by atoms with Crippen LogP contribution in [0.3, 0.4) is 0 Å². The van der Waals surface area contributed by atoms with Crippen LogP contribution in [-0.4, -0.2) is 7.05 Å². The first-order valence-corrected chi connectivity index (χ1v) is 2.24. The van der Waals surface area contributed by atoms with Crippen LogP contribution in [0.1, 0.15) is 13.8 Å². The van der Waals surface area contributed by atoms with Crippen molar-refractivity contribution in [2.75, 3.05) is 7.05 Å². The SMILES string of the molecule is C/C=C(C)/N=N\C. The molecule has 0 fully saturated rings. The Bertz CT molecular complexity index is 92.3. The van der Waals surface area contributed by atoms with Crippen molar-refractivity contribution in [3.05, 3.63) is 11.8 Å². The minimum Gasteiger partial charge on any atom is -0.192 e. The molecule has 0 aromatic carbocycles. The second-order valence-corrected chi connectivity index (χ2v) is 1.23. The van der Waals surface area contributed by atoms with Gasteiger partial charge in [-0.3, -0.25) is 0 Å². The van der Waals surface area contributed by atoms with Crippen LogP contribution in [0, 0.1) is 0 Å². The van der Waals surface area contributed by atoms with Crippen LogP contribution in [0.5, 0.6) is 0 Å². The van der Waals surface area contributed by atoms with Gasteiger partial charge in [0.05, 0.1) is 5.70 Å². The summed E-state index contributed by atoms with van der Waals surface area (Å²) in [5.74, 6) is 0. The summed E-state index contributed by atoms with van der Waals surface area (Å²) in [5.41, 5.74) is 0.961. The fourth-order valence-electron chi connectivity index (χ4n) is 0.215. The summed E-state index contributed by atoms with van der Waals surface area (Å²) in [5, 5.41) is 7.29. The molecule has 0 aromatic rings. The average Bonchev–Trinajstić information content (AvgIpc) is 1.68. The van der Waals surface area contributed by atoms with Crippen LogP contribution in [0.15, 0.2) is 22.0 Å². The van der Waals surface area contributed by atoms with Gasteiger partial charge in [0.25, 0.3) is 0 Å². The van der Waals surface area contributed by atoms with E-state index in [1.54, 1.807) is 7.05 Å². The predicted octanol–water partition coefficient (Wildman–Crippen LogP) is 1.99. The van der Waals surface area contributed by atoms with Crippen molar-refractivity contribution < 1.29 is 0 Å². The molecule has 0 atom stereocenters. The lowest BCUT2D eigenvalue weighted by Gasteiger charge is -1.80. The lowest BCUT2D eigenvalue weighted by molar-refractivity contribution is 1.08. The molecular weight excluding hydrogens is 88.1 g/mol. The van der Waals surface area contributed by atoms with Gasteiger partial charge in [0.2, 0.25) is 0 Å². The molecule has 40 valence electrons. The zero-order chi connectivity index (χ0) is 5.70. The molecule has 0 radical (unpaired) electrons. The van der Waals surface area contributed by atoms with Gasteiger partial charge in [-0.2, -0.15) is 10.2 Å². The van der Waals surface area contributed by atoms with Gasteiger partial charge >= 0.3 is 0 Å². The molecule has 0 spiro atoms. The van der Waals surface area contributed by atoms with Crippen LogP contribution < -0.4 is 0 Å². The fraction of sp³-hybridized carbons (Fsp3) is 0.600. The normalized spacial score (nSPS) is 13.3. The maximum atomic E-state index is 3.73. The smallest absolute Gasteiger partial charge is 0.0552 e. The Labute approximate surface area is 44.0 Å². The van der Waals surface area contributed by atoms with E-state index in [9.17, 15) is 0 Å². The Balaban J connectivity index is 3.58. The Morgan fingerprint density at radius 1 is 1.57 bits per heavy atom. The highest BCUT2D eigenvalue weighted by Gasteiger charge is 1.72. The zero-order valence-corrected chi connectivity index (χ0v) is 4.97. The molecule has 0 bridgehead atoms. The predicted molar refractivity (Wildman–Crippen MR) is 30.2 cm³/mol. The highest BCUT2D eigenvalue weighted by Crippen LogP contribution is 1.91. The number of nitrogens with zero attached hydrogens (tertiary/aromatic N) is 2. The van der Waals surface area contributed by atoms with Crippen molar-refractivity contribution in [1.29, 1.82) is 0 Å². The van der Waals surface area contributed by atoms with Gasteiger partial charge in [-0.1, -0.05) is 6.08 Å².